The minimum Gasteiger partial charge on any atom is -0.480 e. The van der Waals surface area contributed by atoms with Crippen molar-refractivity contribution in [1.29, 1.82) is 0 Å². The van der Waals surface area contributed by atoms with Crippen molar-refractivity contribution in [1.82, 2.24) is 10.6 Å². The molecule has 1 fully saturated rings. The van der Waals surface area contributed by atoms with Gasteiger partial charge in [-0.3, -0.25) is 4.79 Å². The number of carbonyl (C=O) groups is 3. The predicted octanol–water partition coefficient (Wildman–Crippen LogP) is 3.30. The first-order valence-corrected chi connectivity index (χ1v) is 11.6. The molecule has 0 saturated heterocycles. The van der Waals surface area contributed by atoms with Crippen molar-refractivity contribution in [2.24, 2.45) is 5.92 Å². The molecule has 0 aliphatic heterocycles. The van der Waals surface area contributed by atoms with Gasteiger partial charge >= 0.3 is 12.1 Å². The Morgan fingerprint density at radius 1 is 1.03 bits per heavy atom. The third kappa shape index (κ3) is 5.07. The molecule has 2 amide bonds. The second kappa shape index (κ2) is 10.7. The van der Waals surface area contributed by atoms with E-state index in [1.54, 1.807) is 0 Å². The van der Waals surface area contributed by atoms with Crippen LogP contribution in [0.4, 0.5) is 4.79 Å². The zero-order valence-corrected chi connectivity index (χ0v) is 19.2. The molecule has 2 aliphatic carbocycles. The van der Waals surface area contributed by atoms with Gasteiger partial charge in [0.2, 0.25) is 5.91 Å². The quantitative estimate of drug-likeness (QED) is 0.495. The first-order valence-electron chi connectivity index (χ1n) is 11.6. The highest BCUT2D eigenvalue weighted by Crippen LogP contribution is 2.44. The first-order chi connectivity index (χ1) is 16.5. The Balaban J connectivity index is 1.25. The summed E-state index contributed by atoms with van der Waals surface area (Å²) in [6, 6.07) is 15.3. The summed E-state index contributed by atoms with van der Waals surface area (Å²) in [5.41, 5.74) is 4.57. The smallest absolute Gasteiger partial charge is 0.407 e. The lowest BCUT2D eigenvalue weighted by Crippen LogP contribution is -2.51. The lowest BCUT2D eigenvalue weighted by Gasteiger charge is -2.32. The number of carbonyl (C=O) groups excluding carboxylic acids is 2. The number of aliphatic carboxylic acids is 1. The van der Waals surface area contributed by atoms with E-state index in [0.29, 0.717) is 0 Å². The van der Waals surface area contributed by atoms with Crippen LogP contribution in [0.25, 0.3) is 11.1 Å². The Labute approximate surface area is 198 Å². The number of benzene rings is 2. The standard InChI is InChI=1S/C26H30N2O6/c1-33-22(24(29)28-23(25(30)31)16-7-6-8-16)13-14-27-26(32)34-15-21-19-11-4-2-9-17(19)18-10-3-5-12-20(18)21/h2-5,9-12,16,21-23H,6-8,13-15H2,1H3,(H,27,32)(H,28,29)(H,30,31). The average molecular weight is 467 g/mol. The van der Waals surface area contributed by atoms with Crippen LogP contribution in [0.3, 0.4) is 0 Å². The number of alkyl carbamates (subject to hydrolysis) is 1. The molecule has 8 heteroatoms. The van der Waals surface area contributed by atoms with Gasteiger partial charge in [-0.05, 0) is 41.0 Å². The van der Waals surface area contributed by atoms with Gasteiger partial charge in [0.1, 0.15) is 18.8 Å². The molecule has 2 aliphatic rings. The Bertz CT molecular complexity index is 1010. The van der Waals surface area contributed by atoms with E-state index in [1.807, 2.05) is 24.3 Å². The molecule has 0 heterocycles. The third-order valence-electron chi connectivity index (χ3n) is 6.78. The molecule has 4 rings (SSSR count). The van der Waals surface area contributed by atoms with Gasteiger partial charge in [0.05, 0.1) is 0 Å². The third-order valence-corrected chi connectivity index (χ3v) is 6.78. The number of carboxylic acid groups (broad SMARTS) is 1. The van der Waals surface area contributed by atoms with E-state index in [-0.39, 0.29) is 31.4 Å². The second-order valence-electron chi connectivity index (χ2n) is 8.78. The molecule has 180 valence electrons. The zero-order chi connectivity index (χ0) is 24.1. The molecule has 2 aromatic rings. The summed E-state index contributed by atoms with van der Waals surface area (Å²) in [7, 11) is 1.39. The fraction of sp³-hybridized carbons (Fsp3) is 0.423. The van der Waals surface area contributed by atoms with Crippen LogP contribution in [-0.4, -0.2) is 55.5 Å². The van der Waals surface area contributed by atoms with Gasteiger partial charge in [-0.1, -0.05) is 55.0 Å². The maximum atomic E-state index is 12.5. The largest absolute Gasteiger partial charge is 0.480 e. The van der Waals surface area contributed by atoms with E-state index in [2.05, 4.69) is 34.9 Å². The summed E-state index contributed by atoms with van der Waals surface area (Å²) in [6.07, 6.45) is 1.31. The van der Waals surface area contributed by atoms with Crippen LogP contribution in [0.5, 0.6) is 0 Å². The van der Waals surface area contributed by atoms with Gasteiger partial charge in [0, 0.05) is 26.0 Å². The molecule has 2 unspecified atom stereocenters. The highest BCUT2D eigenvalue weighted by Gasteiger charge is 2.35. The minimum absolute atomic E-state index is 0.0323. The topological polar surface area (TPSA) is 114 Å². The molecule has 2 aromatic carbocycles. The second-order valence-corrected chi connectivity index (χ2v) is 8.78. The number of rotatable bonds is 10. The highest BCUT2D eigenvalue weighted by atomic mass is 16.5. The Kier molecular flexibility index (Phi) is 7.47. The van der Waals surface area contributed by atoms with Gasteiger partial charge in [-0.25, -0.2) is 9.59 Å². The van der Waals surface area contributed by atoms with Crippen molar-refractivity contribution in [3.63, 3.8) is 0 Å². The van der Waals surface area contributed by atoms with Crippen LogP contribution in [0.1, 0.15) is 42.7 Å². The first kappa shape index (κ1) is 23.8. The lowest BCUT2D eigenvalue weighted by molar-refractivity contribution is -0.146. The maximum Gasteiger partial charge on any atom is 0.407 e. The number of methoxy groups -OCH3 is 1. The van der Waals surface area contributed by atoms with Crippen LogP contribution in [0, 0.1) is 5.92 Å². The van der Waals surface area contributed by atoms with E-state index in [4.69, 9.17) is 9.47 Å². The number of hydrogen-bond acceptors (Lipinski definition) is 5. The van der Waals surface area contributed by atoms with Crippen molar-refractivity contribution in [2.45, 2.75) is 43.7 Å². The minimum atomic E-state index is -1.04. The summed E-state index contributed by atoms with van der Waals surface area (Å²) in [6.45, 7) is 0.361. The molecule has 34 heavy (non-hydrogen) atoms. The van der Waals surface area contributed by atoms with E-state index >= 15 is 0 Å². The predicted molar refractivity (Wildman–Crippen MR) is 125 cm³/mol. The number of ether oxygens (including phenoxy) is 2. The molecule has 1 saturated carbocycles. The normalized spacial score (nSPS) is 16.5. The number of carboxylic acids is 1. The fourth-order valence-electron chi connectivity index (χ4n) is 4.71. The van der Waals surface area contributed by atoms with Crippen molar-refractivity contribution in [3.8, 4) is 11.1 Å². The van der Waals surface area contributed by atoms with Gasteiger partial charge in [-0.2, -0.15) is 0 Å². The molecule has 3 N–H and O–H groups in total. The molecular weight excluding hydrogens is 436 g/mol. The molecule has 0 spiro atoms. The van der Waals surface area contributed by atoms with Crippen molar-refractivity contribution >= 4 is 18.0 Å². The number of amides is 2. The molecule has 0 bridgehead atoms. The van der Waals surface area contributed by atoms with Crippen LogP contribution < -0.4 is 10.6 Å². The van der Waals surface area contributed by atoms with Crippen LogP contribution >= 0.6 is 0 Å². The Hall–Kier alpha value is -3.39. The summed E-state index contributed by atoms with van der Waals surface area (Å²) in [5.74, 6) is -1.60. The van der Waals surface area contributed by atoms with Crippen molar-refractivity contribution in [2.75, 3.05) is 20.3 Å². The number of fused-ring (bicyclic) bond motifs is 3. The fourth-order valence-corrected chi connectivity index (χ4v) is 4.71. The van der Waals surface area contributed by atoms with Crippen LogP contribution in [0.15, 0.2) is 48.5 Å². The summed E-state index contributed by atoms with van der Waals surface area (Å²) >= 11 is 0. The monoisotopic (exact) mass is 466 g/mol. The van der Waals surface area contributed by atoms with E-state index in [0.717, 1.165) is 41.5 Å². The van der Waals surface area contributed by atoms with E-state index in [9.17, 15) is 19.5 Å². The SMILES string of the molecule is COC(CCNC(=O)OCC1c2ccccc2-c2ccccc21)C(=O)NC(C(=O)O)C1CCC1. The van der Waals surface area contributed by atoms with Crippen molar-refractivity contribution < 1.29 is 29.0 Å². The van der Waals surface area contributed by atoms with Gasteiger partial charge in [0.15, 0.2) is 0 Å². The zero-order valence-electron chi connectivity index (χ0n) is 19.2. The number of hydrogen-bond donors (Lipinski definition) is 3. The molecule has 2 atom stereocenters. The van der Waals surface area contributed by atoms with Gasteiger partial charge < -0.3 is 25.2 Å². The average Bonchev–Trinajstić information content (AvgIpc) is 3.12. The molecule has 0 radical (unpaired) electrons. The van der Waals surface area contributed by atoms with E-state index < -0.39 is 30.1 Å². The lowest BCUT2D eigenvalue weighted by atomic mass is 9.79. The summed E-state index contributed by atoms with van der Waals surface area (Å²) in [5, 5.41) is 14.6. The van der Waals surface area contributed by atoms with E-state index in [1.165, 1.54) is 7.11 Å². The summed E-state index contributed by atoms with van der Waals surface area (Å²) in [4.78, 5) is 36.3. The van der Waals surface area contributed by atoms with Crippen LogP contribution in [0.2, 0.25) is 0 Å². The number of nitrogens with one attached hydrogen (secondary N) is 2. The molecule has 0 aromatic heterocycles. The molecular formula is C26H30N2O6. The highest BCUT2D eigenvalue weighted by molar-refractivity contribution is 5.86. The van der Waals surface area contributed by atoms with Crippen molar-refractivity contribution in [3.05, 3.63) is 59.7 Å². The van der Waals surface area contributed by atoms with Crippen LogP contribution in [-0.2, 0) is 19.1 Å². The maximum absolute atomic E-state index is 12.5. The Morgan fingerprint density at radius 3 is 2.18 bits per heavy atom. The molecule has 8 nitrogen and oxygen atoms in total. The van der Waals surface area contributed by atoms with Gasteiger partial charge in [0.25, 0.3) is 0 Å². The Morgan fingerprint density at radius 2 is 1.65 bits per heavy atom. The summed E-state index contributed by atoms with van der Waals surface area (Å²) < 4.78 is 10.7. The van der Waals surface area contributed by atoms with Gasteiger partial charge in [-0.15, -0.1) is 0 Å².